The summed E-state index contributed by atoms with van der Waals surface area (Å²) in [5.74, 6) is -0.239. The third-order valence-corrected chi connectivity index (χ3v) is 3.99. The van der Waals surface area contributed by atoms with Crippen LogP contribution in [-0.2, 0) is 29.5 Å². The number of fused-ring (bicyclic) bond motifs is 1. The summed E-state index contributed by atoms with van der Waals surface area (Å²) in [6, 6.07) is 10.7. The third kappa shape index (κ3) is 4.15. The smallest absolute Gasteiger partial charge is 0.258 e. The number of rotatable bonds is 5. The minimum Gasteiger partial charge on any atom is -0.354 e. The Balaban J connectivity index is 1.50. The molecule has 2 heterocycles. The van der Waals surface area contributed by atoms with Crippen LogP contribution in [0.5, 0.6) is 0 Å². The van der Waals surface area contributed by atoms with Gasteiger partial charge in [0.1, 0.15) is 5.82 Å². The fourth-order valence-electron chi connectivity index (χ4n) is 2.58. The summed E-state index contributed by atoms with van der Waals surface area (Å²) in [5, 5.41) is 0.508. The van der Waals surface area contributed by atoms with E-state index >= 15 is 0 Å². The number of H-pyrrole nitrogens is 1. The van der Waals surface area contributed by atoms with Crippen LogP contribution < -0.4 is 16.4 Å². The van der Waals surface area contributed by atoms with Crippen molar-refractivity contribution >= 4 is 22.7 Å². The van der Waals surface area contributed by atoms with Crippen molar-refractivity contribution in [3.63, 3.8) is 0 Å². The van der Waals surface area contributed by atoms with Gasteiger partial charge >= 0.3 is 0 Å². The summed E-state index contributed by atoms with van der Waals surface area (Å²) in [5.41, 5.74) is 5.94. The first-order valence-corrected chi connectivity index (χ1v) is 8.19. The Bertz CT molecular complexity index is 1010. The molecular formula is C18H19N5O3. The molecule has 0 aliphatic rings. The number of aryl methyl sites for hydroxylation is 2. The van der Waals surface area contributed by atoms with Gasteiger partial charge in [-0.2, -0.15) is 0 Å². The lowest BCUT2D eigenvalue weighted by Crippen LogP contribution is -2.42. The monoisotopic (exact) mass is 353 g/mol. The number of carbonyl (C=O) groups excluding carboxylic acids is 2. The Hall–Kier alpha value is -3.42. The van der Waals surface area contributed by atoms with Gasteiger partial charge in [-0.3, -0.25) is 25.2 Å². The molecule has 0 saturated heterocycles. The number of nitrogens with zero attached hydrogens (tertiary/aromatic N) is 2. The zero-order chi connectivity index (χ0) is 18.5. The lowest BCUT2D eigenvalue weighted by atomic mass is 10.2. The highest BCUT2D eigenvalue weighted by molar-refractivity contribution is 5.83. The van der Waals surface area contributed by atoms with Crippen molar-refractivity contribution in [3.05, 3.63) is 64.5 Å². The van der Waals surface area contributed by atoms with Gasteiger partial charge in [-0.1, -0.05) is 12.1 Å². The van der Waals surface area contributed by atoms with Crippen LogP contribution in [0.15, 0.2) is 47.4 Å². The number of hydrogen-bond donors (Lipinski definition) is 3. The first kappa shape index (κ1) is 17.4. The summed E-state index contributed by atoms with van der Waals surface area (Å²) >= 11 is 0. The van der Waals surface area contributed by atoms with Crippen LogP contribution in [0.2, 0.25) is 0 Å². The van der Waals surface area contributed by atoms with Crippen LogP contribution in [0.4, 0.5) is 0 Å². The summed E-state index contributed by atoms with van der Waals surface area (Å²) in [7, 11) is 1.85. The number of benzene rings is 1. The molecule has 0 unspecified atom stereocenters. The van der Waals surface area contributed by atoms with E-state index in [1.54, 1.807) is 24.3 Å². The van der Waals surface area contributed by atoms with E-state index in [0.717, 1.165) is 5.69 Å². The Morgan fingerprint density at radius 1 is 1.12 bits per heavy atom. The van der Waals surface area contributed by atoms with Gasteiger partial charge in [-0.15, -0.1) is 0 Å². The van der Waals surface area contributed by atoms with Crippen molar-refractivity contribution in [1.82, 2.24) is 25.4 Å². The highest BCUT2D eigenvalue weighted by atomic mass is 16.2. The molecule has 3 aromatic rings. The molecule has 2 aromatic heterocycles. The Kier molecular flexibility index (Phi) is 5.12. The molecule has 0 bridgehead atoms. The Morgan fingerprint density at radius 2 is 1.88 bits per heavy atom. The molecule has 2 amide bonds. The maximum absolute atomic E-state index is 12.0. The number of aromatic nitrogens is 3. The van der Waals surface area contributed by atoms with Crippen molar-refractivity contribution in [2.45, 2.75) is 19.3 Å². The quantitative estimate of drug-likeness (QED) is 0.583. The first-order valence-electron chi connectivity index (χ1n) is 8.19. The molecule has 8 nitrogen and oxygen atoms in total. The van der Waals surface area contributed by atoms with Crippen molar-refractivity contribution in [1.29, 1.82) is 0 Å². The minimum absolute atomic E-state index is 0.0890. The largest absolute Gasteiger partial charge is 0.354 e. The molecule has 0 saturated carbocycles. The predicted molar refractivity (Wildman–Crippen MR) is 96.1 cm³/mol. The molecule has 26 heavy (non-hydrogen) atoms. The summed E-state index contributed by atoms with van der Waals surface area (Å²) in [6.45, 7) is 0. The molecule has 134 valence electrons. The average Bonchev–Trinajstić information content (AvgIpc) is 3.03. The number of carbonyl (C=O) groups is 2. The van der Waals surface area contributed by atoms with E-state index < -0.39 is 0 Å². The number of para-hydroxylation sites is 1. The molecule has 0 aliphatic heterocycles. The Morgan fingerprint density at radius 3 is 2.65 bits per heavy atom. The van der Waals surface area contributed by atoms with Crippen molar-refractivity contribution in [2.75, 3.05) is 0 Å². The van der Waals surface area contributed by atoms with E-state index in [1.165, 1.54) is 0 Å². The number of hydrogen-bond acceptors (Lipinski definition) is 4. The minimum atomic E-state index is -0.360. The molecule has 8 heteroatoms. The van der Waals surface area contributed by atoms with E-state index in [2.05, 4.69) is 20.8 Å². The summed E-state index contributed by atoms with van der Waals surface area (Å²) in [6.07, 6.45) is 2.37. The average molecular weight is 353 g/mol. The lowest BCUT2D eigenvalue weighted by Gasteiger charge is -2.08. The molecule has 1 aromatic carbocycles. The van der Waals surface area contributed by atoms with Gasteiger partial charge in [0, 0.05) is 31.8 Å². The van der Waals surface area contributed by atoms with Gasteiger partial charge in [0.15, 0.2) is 0 Å². The van der Waals surface area contributed by atoms with Gasteiger partial charge < -0.3 is 9.55 Å². The fourth-order valence-corrected chi connectivity index (χ4v) is 2.58. The van der Waals surface area contributed by atoms with Crippen molar-refractivity contribution in [3.8, 4) is 0 Å². The van der Waals surface area contributed by atoms with Gasteiger partial charge in [0.25, 0.3) is 5.56 Å². The molecule has 0 atom stereocenters. The molecule has 3 rings (SSSR count). The van der Waals surface area contributed by atoms with Crippen LogP contribution >= 0.6 is 0 Å². The third-order valence-electron chi connectivity index (χ3n) is 3.99. The van der Waals surface area contributed by atoms with Gasteiger partial charge in [0.05, 0.1) is 17.3 Å². The van der Waals surface area contributed by atoms with Crippen LogP contribution in [0, 0.1) is 0 Å². The van der Waals surface area contributed by atoms with Gasteiger partial charge in [0.2, 0.25) is 11.8 Å². The maximum atomic E-state index is 12.0. The highest BCUT2D eigenvalue weighted by Gasteiger charge is 2.09. The maximum Gasteiger partial charge on any atom is 0.258 e. The second-order valence-electron chi connectivity index (χ2n) is 5.91. The van der Waals surface area contributed by atoms with E-state index in [4.69, 9.17) is 0 Å². The Labute approximate surface area is 149 Å². The van der Waals surface area contributed by atoms with Crippen molar-refractivity contribution < 1.29 is 9.59 Å². The fraction of sp³-hybridized carbons (Fsp3) is 0.222. The highest BCUT2D eigenvalue weighted by Crippen LogP contribution is 2.06. The van der Waals surface area contributed by atoms with Gasteiger partial charge in [-0.25, -0.2) is 4.98 Å². The van der Waals surface area contributed by atoms with Gasteiger partial charge in [-0.05, 0) is 24.3 Å². The number of aromatic amines is 1. The first-order chi connectivity index (χ1) is 12.5. The molecule has 0 radical (unpaired) electrons. The molecule has 0 fully saturated rings. The topological polar surface area (TPSA) is 109 Å². The summed E-state index contributed by atoms with van der Waals surface area (Å²) < 4.78 is 1.84. The van der Waals surface area contributed by atoms with E-state index in [0.29, 0.717) is 16.7 Å². The number of nitrogens with one attached hydrogen (secondary N) is 3. The van der Waals surface area contributed by atoms with Crippen LogP contribution in [0.1, 0.15) is 17.9 Å². The second-order valence-corrected chi connectivity index (χ2v) is 5.91. The van der Waals surface area contributed by atoms with Crippen molar-refractivity contribution in [2.24, 2.45) is 7.05 Å². The number of hydrazine groups is 1. The molecular weight excluding hydrogens is 334 g/mol. The number of amides is 2. The normalized spacial score (nSPS) is 10.7. The zero-order valence-corrected chi connectivity index (χ0v) is 14.3. The summed E-state index contributed by atoms with van der Waals surface area (Å²) in [4.78, 5) is 42.7. The lowest BCUT2D eigenvalue weighted by molar-refractivity contribution is -0.128. The molecule has 0 aliphatic carbocycles. The zero-order valence-electron chi connectivity index (χ0n) is 14.3. The van der Waals surface area contributed by atoms with E-state index in [-0.39, 0.29) is 36.6 Å². The predicted octanol–water partition coefficient (Wildman–Crippen LogP) is 0.584. The van der Waals surface area contributed by atoms with Crippen LogP contribution in [0.25, 0.3) is 10.9 Å². The van der Waals surface area contributed by atoms with Crippen LogP contribution in [-0.4, -0.2) is 26.3 Å². The van der Waals surface area contributed by atoms with Crippen LogP contribution in [0.3, 0.4) is 0 Å². The standard InChI is InChI=1S/C18H19N5O3/c1-23-10-4-5-12(23)11-17(25)22-21-16(24)9-8-15-19-14-7-3-2-6-13(14)18(26)20-15/h2-7,10H,8-9,11H2,1H3,(H,21,24)(H,22,25)(H,19,20,26). The molecule has 0 spiro atoms. The second kappa shape index (κ2) is 7.64. The van der Waals surface area contributed by atoms with E-state index in [1.807, 2.05) is 29.9 Å². The SMILES string of the molecule is Cn1cccc1CC(=O)NNC(=O)CCc1nc2ccccc2c(=O)[nH]1. The molecule has 3 N–H and O–H groups in total. The van der Waals surface area contributed by atoms with E-state index in [9.17, 15) is 14.4 Å².